The molecule has 0 unspecified atom stereocenters. The van der Waals surface area contributed by atoms with Gasteiger partial charge in [-0.3, -0.25) is 4.79 Å². The summed E-state index contributed by atoms with van der Waals surface area (Å²) in [4.78, 5) is 14.6. The quantitative estimate of drug-likeness (QED) is 0.781. The van der Waals surface area contributed by atoms with Crippen molar-refractivity contribution in [2.24, 2.45) is 0 Å². The van der Waals surface area contributed by atoms with Crippen LogP contribution in [0.1, 0.15) is 34.2 Å². The van der Waals surface area contributed by atoms with Crippen molar-refractivity contribution in [2.75, 3.05) is 18.5 Å². The van der Waals surface area contributed by atoms with Gasteiger partial charge in [0.1, 0.15) is 0 Å². The minimum Gasteiger partial charge on any atom is -0.367 e. The predicted molar refractivity (Wildman–Crippen MR) is 88.4 cm³/mol. The fraction of sp³-hybridized carbons (Fsp3) is 0.389. The first-order chi connectivity index (χ1) is 9.95. The van der Waals surface area contributed by atoms with Gasteiger partial charge < -0.3 is 9.47 Å². The number of rotatable bonds is 5. The van der Waals surface area contributed by atoms with Crippen molar-refractivity contribution in [1.82, 2.24) is 4.57 Å². The van der Waals surface area contributed by atoms with Crippen molar-refractivity contribution < 1.29 is 4.79 Å². The second-order valence-corrected chi connectivity index (χ2v) is 5.59. The summed E-state index contributed by atoms with van der Waals surface area (Å²) in [5.74, 6) is 0.175. The summed E-state index contributed by atoms with van der Waals surface area (Å²) in [5.41, 5.74) is 5.35. The summed E-state index contributed by atoms with van der Waals surface area (Å²) in [5, 5.41) is 0. The SMILES string of the molecule is CCn1c(C)cc(C(=O)CN(C)c2ccccc2C)c1C. The molecule has 0 saturated carbocycles. The fourth-order valence-corrected chi connectivity index (χ4v) is 2.95. The van der Waals surface area contributed by atoms with Gasteiger partial charge in [0.25, 0.3) is 0 Å². The molecule has 2 rings (SSSR count). The lowest BCUT2D eigenvalue weighted by atomic mass is 10.1. The number of ketones is 1. The minimum atomic E-state index is 0.175. The standard InChI is InChI=1S/C18H24N2O/c1-6-20-14(3)11-16(15(20)4)18(21)12-19(5)17-10-8-7-9-13(17)2/h7-11H,6,12H2,1-5H3. The van der Waals surface area contributed by atoms with E-state index in [4.69, 9.17) is 0 Å². The van der Waals surface area contributed by atoms with Crippen LogP contribution in [0.25, 0.3) is 0 Å². The zero-order valence-electron chi connectivity index (χ0n) is 13.6. The Hall–Kier alpha value is -2.03. The van der Waals surface area contributed by atoms with E-state index < -0.39 is 0 Å². The number of nitrogens with zero attached hydrogens (tertiary/aromatic N) is 2. The molecule has 0 aliphatic heterocycles. The van der Waals surface area contributed by atoms with Crippen LogP contribution in [0.5, 0.6) is 0 Å². The highest BCUT2D eigenvalue weighted by atomic mass is 16.1. The fourth-order valence-electron chi connectivity index (χ4n) is 2.95. The molecule has 0 atom stereocenters. The Morgan fingerprint density at radius 3 is 2.43 bits per heavy atom. The van der Waals surface area contributed by atoms with E-state index in [1.807, 2.05) is 37.1 Å². The lowest BCUT2D eigenvalue weighted by Gasteiger charge is -2.20. The van der Waals surface area contributed by atoms with Gasteiger partial charge in [0.2, 0.25) is 0 Å². The van der Waals surface area contributed by atoms with Gasteiger partial charge in [-0.2, -0.15) is 0 Å². The van der Waals surface area contributed by atoms with Crippen molar-refractivity contribution in [3.05, 3.63) is 52.8 Å². The molecule has 0 N–H and O–H groups in total. The summed E-state index contributed by atoms with van der Waals surface area (Å²) in [6.07, 6.45) is 0. The smallest absolute Gasteiger partial charge is 0.183 e. The Kier molecular flexibility index (Phi) is 4.51. The second-order valence-electron chi connectivity index (χ2n) is 5.59. The lowest BCUT2D eigenvalue weighted by molar-refractivity contribution is 0.0999. The number of anilines is 1. The molecule has 2 aromatic rings. The highest BCUT2D eigenvalue weighted by Gasteiger charge is 2.17. The molecular weight excluding hydrogens is 260 g/mol. The van der Waals surface area contributed by atoms with E-state index in [1.165, 1.54) is 5.56 Å². The van der Waals surface area contributed by atoms with Crippen molar-refractivity contribution in [3.8, 4) is 0 Å². The number of carbonyl (C=O) groups is 1. The van der Waals surface area contributed by atoms with Gasteiger partial charge in [-0.05, 0) is 45.4 Å². The van der Waals surface area contributed by atoms with Crippen LogP contribution in [0.4, 0.5) is 5.69 Å². The van der Waals surface area contributed by atoms with E-state index in [9.17, 15) is 4.79 Å². The Morgan fingerprint density at radius 1 is 1.19 bits per heavy atom. The number of aryl methyl sites for hydroxylation is 2. The second kappa shape index (κ2) is 6.17. The normalized spacial score (nSPS) is 10.7. The highest BCUT2D eigenvalue weighted by Crippen LogP contribution is 2.20. The van der Waals surface area contributed by atoms with E-state index in [-0.39, 0.29) is 5.78 Å². The van der Waals surface area contributed by atoms with Gasteiger partial charge in [0.15, 0.2) is 5.78 Å². The van der Waals surface area contributed by atoms with Gasteiger partial charge in [0, 0.05) is 36.2 Å². The van der Waals surface area contributed by atoms with Crippen LogP contribution >= 0.6 is 0 Å². The predicted octanol–water partition coefficient (Wildman–Crippen LogP) is 3.75. The average Bonchev–Trinajstić information content (AvgIpc) is 2.73. The van der Waals surface area contributed by atoms with Crippen LogP contribution in [0.2, 0.25) is 0 Å². The number of benzene rings is 1. The zero-order valence-corrected chi connectivity index (χ0v) is 13.6. The molecule has 0 radical (unpaired) electrons. The number of para-hydroxylation sites is 1. The first-order valence-electron chi connectivity index (χ1n) is 7.42. The van der Waals surface area contributed by atoms with E-state index >= 15 is 0 Å². The Morgan fingerprint density at radius 2 is 1.86 bits per heavy atom. The molecule has 0 bridgehead atoms. The van der Waals surface area contributed by atoms with Gasteiger partial charge in [-0.15, -0.1) is 0 Å². The zero-order chi connectivity index (χ0) is 15.6. The molecular formula is C18H24N2O. The maximum absolute atomic E-state index is 12.6. The molecule has 0 amide bonds. The van der Waals surface area contributed by atoms with Gasteiger partial charge in [-0.25, -0.2) is 0 Å². The van der Waals surface area contributed by atoms with Crippen LogP contribution in [0.15, 0.2) is 30.3 Å². The van der Waals surface area contributed by atoms with Crippen LogP contribution in [0, 0.1) is 20.8 Å². The van der Waals surface area contributed by atoms with E-state index in [2.05, 4.69) is 37.5 Å². The Bertz CT molecular complexity index is 655. The summed E-state index contributed by atoms with van der Waals surface area (Å²) in [7, 11) is 1.97. The highest BCUT2D eigenvalue weighted by molar-refractivity contribution is 6.00. The largest absolute Gasteiger partial charge is 0.367 e. The molecule has 0 fully saturated rings. The molecule has 21 heavy (non-hydrogen) atoms. The number of carbonyl (C=O) groups excluding carboxylic acids is 1. The summed E-state index contributed by atoms with van der Waals surface area (Å²) in [6.45, 7) is 9.56. The van der Waals surface area contributed by atoms with Crippen LogP contribution in [0.3, 0.4) is 0 Å². The van der Waals surface area contributed by atoms with Gasteiger partial charge in [0.05, 0.1) is 6.54 Å². The molecule has 112 valence electrons. The first-order valence-corrected chi connectivity index (χ1v) is 7.42. The molecule has 3 heteroatoms. The summed E-state index contributed by atoms with van der Waals surface area (Å²) < 4.78 is 2.18. The molecule has 0 spiro atoms. The average molecular weight is 284 g/mol. The molecule has 1 aromatic heterocycles. The van der Waals surface area contributed by atoms with Crippen LogP contribution in [-0.4, -0.2) is 23.9 Å². The molecule has 0 saturated heterocycles. The number of hydrogen-bond donors (Lipinski definition) is 0. The monoisotopic (exact) mass is 284 g/mol. The number of Topliss-reactive ketones (excluding diaryl/α,β-unsaturated/α-hetero) is 1. The van der Waals surface area contributed by atoms with Crippen molar-refractivity contribution in [3.63, 3.8) is 0 Å². The lowest BCUT2D eigenvalue weighted by Crippen LogP contribution is -2.26. The topological polar surface area (TPSA) is 25.2 Å². The third-order valence-electron chi connectivity index (χ3n) is 4.10. The third kappa shape index (κ3) is 3.02. The van der Waals surface area contributed by atoms with Gasteiger partial charge in [-0.1, -0.05) is 18.2 Å². The van der Waals surface area contributed by atoms with E-state index in [0.717, 1.165) is 29.2 Å². The van der Waals surface area contributed by atoms with Crippen molar-refractivity contribution >= 4 is 11.5 Å². The molecule has 0 aliphatic rings. The third-order valence-corrected chi connectivity index (χ3v) is 4.10. The maximum atomic E-state index is 12.6. The first kappa shape index (κ1) is 15.4. The molecule has 1 heterocycles. The molecule has 0 aliphatic carbocycles. The number of aromatic nitrogens is 1. The summed E-state index contributed by atoms with van der Waals surface area (Å²) in [6, 6.07) is 10.2. The molecule has 3 nitrogen and oxygen atoms in total. The van der Waals surface area contributed by atoms with E-state index in [0.29, 0.717) is 6.54 Å². The Labute approximate surface area is 127 Å². The number of likely N-dealkylation sites (N-methyl/N-ethyl adjacent to an activating group) is 1. The minimum absolute atomic E-state index is 0.175. The maximum Gasteiger partial charge on any atom is 0.183 e. The van der Waals surface area contributed by atoms with Crippen LogP contribution in [-0.2, 0) is 6.54 Å². The van der Waals surface area contributed by atoms with E-state index in [1.54, 1.807) is 0 Å². The molecule has 1 aromatic carbocycles. The van der Waals surface area contributed by atoms with Crippen molar-refractivity contribution in [2.45, 2.75) is 34.2 Å². The van der Waals surface area contributed by atoms with Crippen molar-refractivity contribution in [1.29, 1.82) is 0 Å². The Balaban J connectivity index is 2.21. The van der Waals surface area contributed by atoms with Gasteiger partial charge >= 0.3 is 0 Å². The van der Waals surface area contributed by atoms with Crippen LogP contribution < -0.4 is 4.90 Å². The number of hydrogen-bond acceptors (Lipinski definition) is 2. The summed E-state index contributed by atoms with van der Waals surface area (Å²) >= 11 is 0.